The van der Waals surface area contributed by atoms with Crippen LogP contribution in [-0.4, -0.2) is 18.0 Å². The number of hydrogen-bond donors (Lipinski definition) is 0. The molecule has 0 rings (SSSR count). The molecule has 0 aliphatic rings. The molecular weight excluding hydrogens is 158 g/mol. The van der Waals surface area contributed by atoms with Crippen molar-refractivity contribution < 1.29 is 0 Å². The van der Waals surface area contributed by atoms with Gasteiger partial charge in [0.1, 0.15) is 0 Å². The van der Waals surface area contributed by atoms with Crippen LogP contribution in [0.25, 0.3) is 0 Å². The maximum Gasteiger partial charge on any atom is 0.0340 e. The Morgan fingerprint density at radius 2 is 2.00 bits per heavy atom. The summed E-state index contributed by atoms with van der Waals surface area (Å²) in [5, 5.41) is 0. The van der Waals surface area contributed by atoms with Gasteiger partial charge in [0, 0.05) is 13.1 Å². The lowest BCUT2D eigenvalue weighted by molar-refractivity contribution is 0.256. The van der Waals surface area contributed by atoms with Crippen molar-refractivity contribution in [1.29, 1.82) is 0 Å². The molecule has 0 amide bonds. The van der Waals surface area contributed by atoms with Crippen molar-refractivity contribution in [1.82, 2.24) is 4.90 Å². The van der Waals surface area contributed by atoms with Crippen LogP contribution in [0.15, 0.2) is 24.9 Å². The van der Waals surface area contributed by atoms with Crippen molar-refractivity contribution in [2.75, 3.05) is 7.05 Å². The van der Waals surface area contributed by atoms with Crippen LogP contribution in [0.1, 0.15) is 33.6 Å². The van der Waals surface area contributed by atoms with Gasteiger partial charge in [-0.05, 0) is 25.0 Å². The predicted molar refractivity (Wildman–Crippen MR) is 60.6 cm³/mol. The average Bonchev–Trinajstić information content (AvgIpc) is 2.11. The number of rotatable bonds is 6. The molecule has 0 bridgehead atoms. The van der Waals surface area contributed by atoms with Crippen molar-refractivity contribution in [2.45, 2.75) is 39.7 Å². The summed E-state index contributed by atoms with van der Waals surface area (Å²) in [6.45, 7) is 14.5. The monoisotopic (exact) mass is 181 g/mol. The summed E-state index contributed by atoms with van der Waals surface area (Å²) in [6.07, 6.45) is 4.05. The Hall–Kier alpha value is -0.720. The van der Waals surface area contributed by atoms with Crippen LogP contribution in [0.4, 0.5) is 0 Å². The first kappa shape index (κ1) is 12.3. The normalized spacial score (nSPS) is 12.7. The first-order chi connectivity index (χ1) is 6.02. The van der Waals surface area contributed by atoms with Gasteiger partial charge in [-0.25, -0.2) is 0 Å². The fraction of sp³-hybridized carbons (Fsp3) is 0.667. The Balaban J connectivity index is 4.25. The predicted octanol–water partition coefficient (Wildman–Crippen LogP) is 3.44. The minimum atomic E-state index is 0.546. The third-order valence-corrected chi connectivity index (χ3v) is 2.58. The molecule has 0 spiro atoms. The second kappa shape index (κ2) is 5.85. The van der Waals surface area contributed by atoms with Crippen LogP contribution in [0.2, 0.25) is 0 Å². The molecule has 0 aliphatic carbocycles. The summed E-state index contributed by atoms with van der Waals surface area (Å²) in [6, 6.07) is 0.546. The average molecular weight is 181 g/mol. The standard InChI is InChI=1S/C12H23N/c1-7-11(5)9-12(10(3)4)13(6)8-2/h8,10,12H,2,5,7,9H2,1,3-4,6H3/t12-/m0/s1. The zero-order valence-electron chi connectivity index (χ0n) is 9.51. The Kier molecular flexibility index (Phi) is 5.52. The quantitative estimate of drug-likeness (QED) is 0.567. The summed E-state index contributed by atoms with van der Waals surface area (Å²) >= 11 is 0. The zero-order valence-corrected chi connectivity index (χ0v) is 9.51. The lowest BCUT2D eigenvalue weighted by Gasteiger charge is -2.30. The van der Waals surface area contributed by atoms with Gasteiger partial charge in [0.2, 0.25) is 0 Å². The summed E-state index contributed by atoms with van der Waals surface area (Å²) in [7, 11) is 2.08. The van der Waals surface area contributed by atoms with Crippen molar-refractivity contribution in [3.63, 3.8) is 0 Å². The second-order valence-corrected chi connectivity index (χ2v) is 3.97. The summed E-state index contributed by atoms with van der Waals surface area (Å²) in [4.78, 5) is 2.19. The van der Waals surface area contributed by atoms with Crippen molar-refractivity contribution in [3.05, 3.63) is 24.9 Å². The molecule has 0 aromatic carbocycles. The van der Waals surface area contributed by atoms with Gasteiger partial charge in [0.15, 0.2) is 0 Å². The molecule has 0 aliphatic heterocycles. The van der Waals surface area contributed by atoms with E-state index in [2.05, 4.69) is 45.9 Å². The van der Waals surface area contributed by atoms with Gasteiger partial charge < -0.3 is 4.90 Å². The molecule has 13 heavy (non-hydrogen) atoms. The minimum Gasteiger partial charge on any atom is -0.377 e. The molecule has 1 atom stereocenters. The van der Waals surface area contributed by atoms with Crippen LogP contribution < -0.4 is 0 Å². The molecule has 0 aromatic rings. The molecule has 76 valence electrons. The van der Waals surface area contributed by atoms with Crippen LogP contribution in [0.3, 0.4) is 0 Å². The smallest absolute Gasteiger partial charge is 0.0340 e. The molecule has 0 saturated carbocycles. The molecule has 0 heterocycles. The van der Waals surface area contributed by atoms with Crippen molar-refractivity contribution in [2.24, 2.45) is 5.92 Å². The van der Waals surface area contributed by atoms with Crippen LogP contribution >= 0.6 is 0 Å². The Labute approximate surface area is 83.1 Å². The summed E-state index contributed by atoms with van der Waals surface area (Å²) in [5.41, 5.74) is 1.33. The summed E-state index contributed by atoms with van der Waals surface area (Å²) in [5.74, 6) is 0.645. The van der Waals surface area contributed by atoms with E-state index in [1.54, 1.807) is 0 Å². The van der Waals surface area contributed by atoms with Crippen LogP contribution in [0, 0.1) is 5.92 Å². The zero-order chi connectivity index (χ0) is 10.4. The molecule has 0 fully saturated rings. The van der Waals surface area contributed by atoms with E-state index < -0.39 is 0 Å². The van der Waals surface area contributed by atoms with Gasteiger partial charge >= 0.3 is 0 Å². The maximum atomic E-state index is 4.05. The third-order valence-electron chi connectivity index (χ3n) is 2.58. The molecule has 1 nitrogen and oxygen atoms in total. The van der Waals surface area contributed by atoms with Crippen molar-refractivity contribution in [3.8, 4) is 0 Å². The van der Waals surface area contributed by atoms with E-state index in [1.165, 1.54) is 5.57 Å². The SMILES string of the molecule is C=CN(C)[C@@H](CC(=C)CC)C(C)C. The van der Waals surface area contributed by atoms with Gasteiger partial charge in [0.05, 0.1) is 0 Å². The fourth-order valence-electron chi connectivity index (χ4n) is 1.43. The highest BCUT2D eigenvalue weighted by molar-refractivity contribution is 4.98. The molecule has 0 unspecified atom stereocenters. The molecule has 0 radical (unpaired) electrons. The largest absolute Gasteiger partial charge is 0.377 e. The molecule has 0 N–H and O–H groups in total. The lowest BCUT2D eigenvalue weighted by atomic mass is 9.95. The highest BCUT2D eigenvalue weighted by Crippen LogP contribution is 2.18. The molecular formula is C12H23N. The highest BCUT2D eigenvalue weighted by Gasteiger charge is 2.16. The molecule has 0 aromatic heterocycles. The van der Waals surface area contributed by atoms with Crippen LogP contribution in [-0.2, 0) is 0 Å². The lowest BCUT2D eigenvalue weighted by Crippen LogP contribution is -2.32. The number of hydrogen-bond acceptors (Lipinski definition) is 1. The van der Waals surface area contributed by atoms with Gasteiger partial charge in [-0.2, -0.15) is 0 Å². The van der Waals surface area contributed by atoms with E-state index in [4.69, 9.17) is 0 Å². The van der Waals surface area contributed by atoms with Crippen molar-refractivity contribution >= 4 is 0 Å². The van der Waals surface area contributed by atoms with Crippen LogP contribution in [0.5, 0.6) is 0 Å². The first-order valence-corrected chi connectivity index (χ1v) is 5.04. The third kappa shape index (κ3) is 4.16. The Morgan fingerprint density at radius 1 is 1.46 bits per heavy atom. The fourth-order valence-corrected chi connectivity index (χ4v) is 1.43. The first-order valence-electron chi connectivity index (χ1n) is 5.04. The van der Waals surface area contributed by atoms with E-state index in [1.807, 2.05) is 6.20 Å². The van der Waals surface area contributed by atoms with Gasteiger partial charge in [-0.3, -0.25) is 0 Å². The molecule has 1 heteroatoms. The number of nitrogens with zero attached hydrogens (tertiary/aromatic N) is 1. The van der Waals surface area contributed by atoms with Gasteiger partial charge in [-0.15, -0.1) is 0 Å². The molecule has 0 saturated heterocycles. The summed E-state index contributed by atoms with van der Waals surface area (Å²) < 4.78 is 0. The highest BCUT2D eigenvalue weighted by atomic mass is 15.1. The maximum absolute atomic E-state index is 4.05. The van der Waals surface area contributed by atoms with E-state index in [0.717, 1.165) is 12.8 Å². The van der Waals surface area contributed by atoms with E-state index in [-0.39, 0.29) is 0 Å². The van der Waals surface area contributed by atoms with E-state index >= 15 is 0 Å². The van der Waals surface area contributed by atoms with E-state index in [0.29, 0.717) is 12.0 Å². The van der Waals surface area contributed by atoms with E-state index in [9.17, 15) is 0 Å². The topological polar surface area (TPSA) is 3.24 Å². The minimum absolute atomic E-state index is 0.546. The Morgan fingerprint density at radius 3 is 2.31 bits per heavy atom. The van der Waals surface area contributed by atoms with Gasteiger partial charge in [0.25, 0.3) is 0 Å². The second-order valence-electron chi connectivity index (χ2n) is 3.97. The Bertz CT molecular complexity index is 170. The van der Waals surface area contributed by atoms with Gasteiger partial charge in [-0.1, -0.05) is 39.5 Å².